The summed E-state index contributed by atoms with van der Waals surface area (Å²) in [6.07, 6.45) is 3.63. The number of rotatable bonds is 4. The Balaban J connectivity index is 1.37. The van der Waals surface area contributed by atoms with E-state index < -0.39 is 0 Å². The summed E-state index contributed by atoms with van der Waals surface area (Å²) >= 11 is 1.66. The fraction of sp³-hybridized carbons (Fsp3) is 0.227. The molecule has 1 aliphatic heterocycles. The molecule has 1 aromatic heterocycles. The molecule has 0 saturated carbocycles. The van der Waals surface area contributed by atoms with Gasteiger partial charge in [-0.1, -0.05) is 36.4 Å². The molecular weight excluding hydrogens is 382 g/mol. The predicted molar refractivity (Wildman–Crippen MR) is 118 cm³/mol. The van der Waals surface area contributed by atoms with Gasteiger partial charge in [-0.05, 0) is 24.5 Å². The van der Waals surface area contributed by atoms with Gasteiger partial charge in [0.2, 0.25) is 0 Å². The number of nitrogens with one attached hydrogen (secondary N) is 1. The Labute approximate surface area is 175 Å². The van der Waals surface area contributed by atoms with Gasteiger partial charge < -0.3 is 15.1 Å². The first-order valence-electron chi connectivity index (χ1n) is 9.55. The van der Waals surface area contributed by atoms with E-state index in [0.29, 0.717) is 13.1 Å². The molecule has 1 saturated heterocycles. The third-order valence-corrected chi connectivity index (χ3v) is 5.66. The number of amides is 2. The van der Waals surface area contributed by atoms with Crippen molar-refractivity contribution in [3.8, 4) is 11.3 Å². The first kappa shape index (κ1) is 19.3. The zero-order valence-electron chi connectivity index (χ0n) is 16.3. The predicted octanol–water partition coefficient (Wildman–Crippen LogP) is 4.22. The van der Waals surface area contributed by atoms with Gasteiger partial charge in [0, 0.05) is 48.4 Å². The average molecular weight is 406 g/mol. The summed E-state index contributed by atoms with van der Waals surface area (Å²) < 4.78 is 0. The second-order valence-electron chi connectivity index (χ2n) is 6.76. The quantitative estimate of drug-likeness (QED) is 0.659. The van der Waals surface area contributed by atoms with Crippen molar-refractivity contribution in [1.82, 2.24) is 14.9 Å². The van der Waals surface area contributed by atoms with Crippen molar-refractivity contribution >= 4 is 29.3 Å². The van der Waals surface area contributed by atoms with Crippen LogP contribution in [0.5, 0.6) is 0 Å². The van der Waals surface area contributed by atoms with Gasteiger partial charge in [0.1, 0.15) is 12.1 Å². The van der Waals surface area contributed by atoms with Gasteiger partial charge in [0.25, 0.3) is 0 Å². The van der Waals surface area contributed by atoms with E-state index in [4.69, 9.17) is 0 Å². The van der Waals surface area contributed by atoms with E-state index in [1.54, 1.807) is 18.1 Å². The molecule has 3 aromatic rings. The second kappa shape index (κ2) is 8.96. The Morgan fingerprint density at radius 1 is 0.966 bits per heavy atom. The third-order valence-electron chi connectivity index (χ3n) is 4.93. The summed E-state index contributed by atoms with van der Waals surface area (Å²) in [5.41, 5.74) is 2.80. The zero-order chi connectivity index (χ0) is 20.1. The van der Waals surface area contributed by atoms with Crippen LogP contribution in [0.3, 0.4) is 0 Å². The third kappa shape index (κ3) is 4.68. The minimum Gasteiger partial charge on any atom is -0.353 e. The number of piperazine rings is 1. The van der Waals surface area contributed by atoms with Crippen LogP contribution in [0.4, 0.5) is 16.3 Å². The normalized spacial score (nSPS) is 14.0. The van der Waals surface area contributed by atoms with Crippen LogP contribution in [0.25, 0.3) is 11.3 Å². The van der Waals surface area contributed by atoms with Crippen LogP contribution in [0.1, 0.15) is 0 Å². The lowest BCUT2D eigenvalue weighted by molar-refractivity contribution is 0.208. The van der Waals surface area contributed by atoms with Crippen molar-refractivity contribution < 1.29 is 4.79 Å². The van der Waals surface area contributed by atoms with Gasteiger partial charge in [-0.15, -0.1) is 11.8 Å². The lowest BCUT2D eigenvalue weighted by atomic mass is 10.1. The van der Waals surface area contributed by atoms with E-state index in [1.807, 2.05) is 71.8 Å². The van der Waals surface area contributed by atoms with Crippen molar-refractivity contribution in [2.45, 2.75) is 4.90 Å². The molecule has 2 heterocycles. The summed E-state index contributed by atoms with van der Waals surface area (Å²) in [4.78, 5) is 26.6. The smallest absolute Gasteiger partial charge is 0.321 e. The molecule has 0 aliphatic carbocycles. The zero-order valence-corrected chi connectivity index (χ0v) is 17.1. The Bertz CT molecular complexity index is 974. The molecule has 0 radical (unpaired) electrons. The van der Waals surface area contributed by atoms with Gasteiger partial charge >= 0.3 is 6.03 Å². The molecule has 0 atom stereocenters. The summed E-state index contributed by atoms with van der Waals surface area (Å²) in [5.74, 6) is 0.895. The molecule has 1 aliphatic rings. The average Bonchev–Trinajstić information content (AvgIpc) is 2.80. The number of carbonyl (C=O) groups is 1. The minimum absolute atomic E-state index is 0.0597. The van der Waals surface area contributed by atoms with Crippen molar-refractivity contribution in [1.29, 1.82) is 0 Å². The molecule has 2 amide bonds. The van der Waals surface area contributed by atoms with Crippen LogP contribution in [0, 0.1) is 0 Å². The summed E-state index contributed by atoms with van der Waals surface area (Å²) in [6.45, 7) is 2.78. The molecule has 0 spiro atoms. The Hall–Kier alpha value is -3.06. The monoisotopic (exact) mass is 405 g/mol. The van der Waals surface area contributed by atoms with Crippen LogP contribution in [0.15, 0.2) is 71.9 Å². The van der Waals surface area contributed by atoms with Crippen LogP contribution < -0.4 is 10.2 Å². The van der Waals surface area contributed by atoms with E-state index in [2.05, 4.69) is 20.2 Å². The maximum atomic E-state index is 12.6. The molecule has 2 aromatic carbocycles. The highest BCUT2D eigenvalue weighted by atomic mass is 32.2. The Morgan fingerprint density at radius 3 is 2.52 bits per heavy atom. The lowest BCUT2D eigenvalue weighted by Crippen LogP contribution is -2.50. The van der Waals surface area contributed by atoms with Gasteiger partial charge in [0.05, 0.1) is 5.69 Å². The molecule has 6 nitrogen and oxygen atoms in total. The van der Waals surface area contributed by atoms with Crippen LogP contribution in [-0.2, 0) is 0 Å². The number of hydrogen-bond acceptors (Lipinski definition) is 5. The van der Waals surface area contributed by atoms with Gasteiger partial charge in [-0.25, -0.2) is 14.8 Å². The number of benzene rings is 2. The molecular formula is C22H23N5OS. The van der Waals surface area contributed by atoms with E-state index in [9.17, 15) is 4.79 Å². The van der Waals surface area contributed by atoms with Crippen molar-refractivity contribution in [3.63, 3.8) is 0 Å². The number of aromatic nitrogens is 2. The Morgan fingerprint density at radius 2 is 1.76 bits per heavy atom. The SMILES string of the molecule is CSc1cccc(NC(=O)N2CCN(c3cc(-c4ccccc4)ncn3)CC2)c1. The highest BCUT2D eigenvalue weighted by molar-refractivity contribution is 7.98. The lowest BCUT2D eigenvalue weighted by Gasteiger charge is -2.35. The molecule has 4 rings (SSSR count). The van der Waals surface area contributed by atoms with E-state index >= 15 is 0 Å². The first-order chi connectivity index (χ1) is 14.2. The molecule has 1 N–H and O–H groups in total. The number of urea groups is 1. The summed E-state index contributed by atoms with van der Waals surface area (Å²) in [5, 5.41) is 3.00. The maximum absolute atomic E-state index is 12.6. The summed E-state index contributed by atoms with van der Waals surface area (Å²) in [6, 6.07) is 19.9. The standard InChI is InChI=1S/C22H23N5OS/c1-29-19-9-5-8-18(14-19)25-22(28)27-12-10-26(11-13-27)21-15-20(23-16-24-21)17-6-3-2-4-7-17/h2-9,14-16H,10-13H2,1H3,(H,25,28). The number of anilines is 2. The molecule has 7 heteroatoms. The highest BCUT2D eigenvalue weighted by Crippen LogP contribution is 2.22. The maximum Gasteiger partial charge on any atom is 0.321 e. The van der Waals surface area contributed by atoms with Gasteiger partial charge in [-0.2, -0.15) is 0 Å². The molecule has 29 heavy (non-hydrogen) atoms. The number of carbonyl (C=O) groups excluding carboxylic acids is 1. The van der Waals surface area contributed by atoms with Crippen molar-refractivity contribution in [2.24, 2.45) is 0 Å². The number of thioether (sulfide) groups is 1. The van der Waals surface area contributed by atoms with E-state index in [0.717, 1.165) is 40.7 Å². The van der Waals surface area contributed by atoms with E-state index in [-0.39, 0.29) is 6.03 Å². The largest absolute Gasteiger partial charge is 0.353 e. The van der Waals surface area contributed by atoms with Gasteiger partial charge in [-0.3, -0.25) is 0 Å². The number of hydrogen-bond donors (Lipinski definition) is 1. The fourth-order valence-corrected chi connectivity index (χ4v) is 3.79. The van der Waals surface area contributed by atoms with Crippen LogP contribution in [-0.4, -0.2) is 53.3 Å². The molecule has 1 fully saturated rings. The van der Waals surface area contributed by atoms with Crippen LogP contribution in [0.2, 0.25) is 0 Å². The second-order valence-corrected chi connectivity index (χ2v) is 7.64. The van der Waals surface area contributed by atoms with E-state index in [1.165, 1.54) is 0 Å². The van der Waals surface area contributed by atoms with Gasteiger partial charge in [0.15, 0.2) is 0 Å². The first-order valence-corrected chi connectivity index (χ1v) is 10.8. The van der Waals surface area contributed by atoms with Crippen LogP contribution >= 0.6 is 11.8 Å². The number of nitrogens with zero attached hydrogens (tertiary/aromatic N) is 4. The fourth-order valence-electron chi connectivity index (χ4n) is 3.33. The highest BCUT2D eigenvalue weighted by Gasteiger charge is 2.22. The van der Waals surface area contributed by atoms with Crippen molar-refractivity contribution in [3.05, 3.63) is 67.0 Å². The Kier molecular flexibility index (Phi) is 5.95. The van der Waals surface area contributed by atoms with Crippen molar-refractivity contribution in [2.75, 3.05) is 42.7 Å². The summed E-state index contributed by atoms with van der Waals surface area (Å²) in [7, 11) is 0. The molecule has 0 bridgehead atoms. The topological polar surface area (TPSA) is 61.4 Å². The molecule has 148 valence electrons. The minimum atomic E-state index is -0.0597. The molecule has 0 unspecified atom stereocenters.